The van der Waals surface area contributed by atoms with Crippen molar-refractivity contribution in [2.24, 2.45) is 34.5 Å². The number of ketones is 1. The third kappa shape index (κ3) is 2.87. The molecule has 5 aliphatic rings. The van der Waals surface area contributed by atoms with Crippen molar-refractivity contribution in [1.82, 2.24) is 0 Å². The van der Waals surface area contributed by atoms with Crippen LogP contribution in [0.15, 0.2) is 11.6 Å². The molecule has 1 N–H and O–H groups in total. The van der Waals surface area contributed by atoms with Gasteiger partial charge in [0.05, 0.1) is 19.8 Å². The Kier molecular flexibility index (Phi) is 4.97. The Hall–Kier alpha value is -1.24. The second-order valence-corrected chi connectivity index (χ2v) is 11.2. The van der Waals surface area contributed by atoms with Gasteiger partial charge in [-0.2, -0.15) is 0 Å². The van der Waals surface area contributed by atoms with E-state index in [0.29, 0.717) is 56.9 Å². The Bertz CT molecular complexity index is 800. The van der Waals surface area contributed by atoms with Gasteiger partial charge < -0.3 is 19.3 Å². The van der Waals surface area contributed by atoms with Crippen molar-refractivity contribution < 1.29 is 28.9 Å². The molecule has 1 saturated heterocycles. The predicted molar refractivity (Wildman–Crippen MR) is 113 cm³/mol. The van der Waals surface area contributed by atoms with E-state index >= 15 is 0 Å². The molecule has 0 radical (unpaired) electrons. The van der Waals surface area contributed by atoms with Gasteiger partial charge in [0.1, 0.15) is 5.60 Å². The molecule has 0 aromatic rings. The summed E-state index contributed by atoms with van der Waals surface area (Å²) in [6, 6.07) is 0. The number of rotatable bonds is 4. The second-order valence-electron chi connectivity index (χ2n) is 11.2. The number of carbonyl (C=O) groups excluding carboxylic acids is 2. The summed E-state index contributed by atoms with van der Waals surface area (Å²) >= 11 is 0. The van der Waals surface area contributed by atoms with Crippen LogP contribution in [0.1, 0.15) is 65.7 Å². The highest BCUT2D eigenvalue weighted by Crippen LogP contribution is 2.69. The Morgan fingerprint density at radius 3 is 2.68 bits per heavy atom. The molecule has 4 fully saturated rings. The summed E-state index contributed by atoms with van der Waals surface area (Å²) in [5.74, 6) is 0.564. The topological polar surface area (TPSA) is 82.1 Å². The highest BCUT2D eigenvalue weighted by atomic mass is 16.7. The van der Waals surface area contributed by atoms with E-state index in [2.05, 4.69) is 19.9 Å². The SMILES string of the molecule is CC(=O)[C@@]1(O)CCC2C3CC=C4CC5(CC[C@]4(C)C3C(COC=O)CC21C)OCCO5. The number of carbonyl (C=O) groups is 2. The average molecular weight is 433 g/mol. The van der Waals surface area contributed by atoms with Crippen molar-refractivity contribution in [2.75, 3.05) is 19.8 Å². The molecule has 1 aliphatic heterocycles. The molecular formula is C25H36O6. The normalized spacial score (nSPS) is 47.8. The molecule has 1 heterocycles. The molecule has 1 spiro atoms. The summed E-state index contributed by atoms with van der Waals surface area (Å²) in [6.07, 6.45) is 8.15. The van der Waals surface area contributed by atoms with Gasteiger partial charge in [0, 0.05) is 18.3 Å². The van der Waals surface area contributed by atoms with Gasteiger partial charge in [-0.05, 0) is 68.1 Å². The summed E-state index contributed by atoms with van der Waals surface area (Å²) < 4.78 is 17.4. The molecule has 5 unspecified atom stereocenters. The fraction of sp³-hybridized carbons (Fsp3) is 0.840. The fourth-order valence-electron chi connectivity index (χ4n) is 8.66. The van der Waals surface area contributed by atoms with Gasteiger partial charge in [0.25, 0.3) is 6.47 Å². The van der Waals surface area contributed by atoms with Crippen molar-refractivity contribution in [1.29, 1.82) is 0 Å². The van der Waals surface area contributed by atoms with Crippen LogP contribution >= 0.6 is 0 Å². The summed E-state index contributed by atoms with van der Waals surface area (Å²) in [5, 5.41) is 11.5. The summed E-state index contributed by atoms with van der Waals surface area (Å²) in [4.78, 5) is 23.7. The Labute approximate surface area is 184 Å². The van der Waals surface area contributed by atoms with Crippen LogP contribution in [-0.2, 0) is 23.8 Å². The van der Waals surface area contributed by atoms with E-state index in [1.807, 2.05) is 0 Å². The maximum Gasteiger partial charge on any atom is 0.293 e. The van der Waals surface area contributed by atoms with Crippen LogP contribution < -0.4 is 0 Å². The molecule has 31 heavy (non-hydrogen) atoms. The lowest BCUT2D eigenvalue weighted by Gasteiger charge is -2.62. The Balaban J connectivity index is 1.53. The summed E-state index contributed by atoms with van der Waals surface area (Å²) in [7, 11) is 0. The van der Waals surface area contributed by atoms with Crippen LogP contribution in [0.4, 0.5) is 0 Å². The van der Waals surface area contributed by atoms with Crippen molar-refractivity contribution in [3.63, 3.8) is 0 Å². The molecule has 4 aliphatic carbocycles. The molecule has 0 aromatic carbocycles. The lowest BCUT2D eigenvalue weighted by atomic mass is 9.44. The van der Waals surface area contributed by atoms with E-state index in [0.717, 1.165) is 32.1 Å². The monoisotopic (exact) mass is 432 g/mol. The molecule has 7 atom stereocenters. The Morgan fingerprint density at radius 2 is 2.00 bits per heavy atom. The number of fused-ring (bicyclic) bond motifs is 5. The third-order valence-corrected chi connectivity index (χ3v) is 10.1. The highest BCUT2D eigenvalue weighted by Gasteiger charge is 2.68. The highest BCUT2D eigenvalue weighted by molar-refractivity contribution is 5.86. The number of Topliss-reactive ketones (excluding diaryl/α,β-unsaturated/α-hetero) is 1. The smallest absolute Gasteiger partial charge is 0.293 e. The van der Waals surface area contributed by atoms with Crippen LogP contribution in [0.25, 0.3) is 0 Å². The summed E-state index contributed by atoms with van der Waals surface area (Å²) in [5.41, 5.74) is -0.346. The van der Waals surface area contributed by atoms with E-state index in [9.17, 15) is 14.7 Å². The molecular weight excluding hydrogens is 396 g/mol. The maximum absolute atomic E-state index is 12.6. The minimum absolute atomic E-state index is 0.00134. The number of allylic oxidation sites excluding steroid dienone is 1. The Morgan fingerprint density at radius 1 is 1.26 bits per heavy atom. The molecule has 6 nitrogen and oxygen atoms in total. The number of ether oxygens (including phenoxy) is 3. The van der Waals surface area contributed by atoms with E-state index in [4.69, 9.17) is 14.2 Å². The second kappa shape index (κ2) is 7.13. The number of hydrogen-bond donors (Lipinski definition) is 1. The van der Waals surface area contributed by atoms with Gasteiger partial charge >= 0.3 is 0 Å². The van der Waals surface area contributed by atoms with Crippen LogP contribution in [0, 0.1) is 34.5 Å². The third-order valence-electron chi connectivity index (χ3n) is 10.1. The van der Waals surface area contributed by atoms with Crippen LogP contribution in [-0.4, -0.2) is 48.6 Å². The maximum atomic E-state index is 12.6. The van der Waals surface area contributed by atoms with Crippen molar-refractivity contribution in [3.8, 4) is 0 Å². The van der Waals surface area contributed by atoms with E-state index in [1.165, 1.54) is 12.5 Å². The van der Waals surface area contributed by atoms with Crippen molar-refractivity contribution in [3.05, 3.63) is 11.6 Å². The first-order valence-electron chi connectivity index (χ1n) is 12.0. The molecule has 172 valence electrons. The van der Waals surface area contributed by atoms with E-state index in [1.54, 1.807) is 0 Å². The predicted octanol–water partition coefficient (Wildman–Crippen LogP) is 3.41. The fourth-order valence-corrected chi connectivity index (χ4v) is 8.66. The van der Waals surface area contributed by atoms with Gasteiger partial charge in [-0.1, -0.05) is 25.5 Å². The zero-order valence-electron chi connectivity index (χ0n) is 19.0. The lowest BCUT2D eigenvalue weighted by molar-refractivity contribution is -0.197. The molecule has 0 aromatic heterocycles. The van der Waals surface area contributed by atoms with Crippen LogP contribution in [0.3, 0.4) is 0 Å². The van der Waals surface area contributed by atoms with Crippen LogP contribution in [0.2, 0.25) is 0 Å². The van der Waals surface area contributed by atoms with Crippen molar-refractivity contribution >= 4 is 12.3 Å². The van der Waals surface area contributed by atoms with Crippen molar-refractivity contribution in [2.45, 2.75) is 77.1 Å². The largest absolute Gasteiger partial charge is 0.468 e. The van der Waals surface area contributed by atoms with E-state index in [-0.39, 0.29) is 17.1 Å². The first kappa shape index (κ1) is 21.6. The number of hydrogen-bond acceptors (Lipinski definition) is 6. The quantitative estimate of drug-likeness (QED) is 0.542. The first-order valence-corrected chi connectivity index (χ1v) is 12.0. The molecule has 0 bridgehead atoms. The molecule has 5 rings (SSSR count). The number of aliphatic hydroxyl groups is 1. The molecule has 6 heteroatoms. The van der Waals surface area contributed by atoms with E-state index < -0.39 is 16.8 Å². The van der Waals surface area contributed by atoms with Gasteiger partial charge in [-0.25, -0.2) is 0 Å². The lowest BCUT2D eigenvalue weighted by Crippen LogP contribution is -2.60. The minimum atomic E-state index is -1.28. The zero-order valence-corrected chi connectivity index (χ0v) is 19.0. The first-order chi connectivity index (χ1) is 14.7. The van der Waals surface area contributed by atoms with Gasteiger partial charge in [-0.3, -0.25) is 9.59 Å². The summed E-state index contributed by atoms with van der Waals surface area (Å²) in [6.45, 7) is 8.22. The average Bonchev–Trinajstić information content (AvgIpc) is 3.30. The van der Waals surface area contributed by atoms with Crippen LogP contribution in [0.5, 0.6) is 0 Å². The minimum Gasteiger partial charge on any atom is -0.468 e. The van der Waals surface area contributed by atoms with Gasteiger partial charge in [-0.15, -0.1) is 0 Å². The standard InChI is InChI=1S/C25H36O6/c1-16(27)25(28)7-6-20-19-5-4-18-13-24(30-10-11-31-24)9-8-22(18,2)21(19)17(14-29-15-26)12-23(20,25)3/h4,15,17,19-21,28H,5-14H2,1-3H3/t17?,19?,20?,21?,22-,23?,25-/m0/s1. The molecule has 3 saturated carbocycles. The molecule has 0 amide bonds. The van der Waals surface area contributed by atoms with Gasteiger partial charge in [0.15, 0.2) is 11.6 Å². The van der Waals surface area contributed by atoms with Gasteiger partial charge in [0.2, 0.25) is 0 Å². The zero-order chi connectivity index (χ0) is 22.1.